The van der Waals surface area contributed by atoms with Crippen molar-refractivity contribution >= 4 is 22.9 Å². The molecule has 3 aromatic rings. The summed E-state index contributed by atoms with van der Waals surface area (Å²) in [4.78, 5) is 24.4. The van der Waals surface area contributed by atoms with E-state index in [1.165, 1.54) is 0 Å². The molecule has 5 nitrogen and oxygen atoms in total. The Morgan fingerprint density at radius 3 is 2.36 bits per heavy atom. The first-order valence-electron chi connectivity index (χ1n) is 6.80. The van der Waals surface area contributed by atoms with Crippen LogP contribution in [0.1, 0.15) is 32.0 Å². The molecule has 0 unspecified atom stereocenters. The number of amides is 1. The molecule has 1 amide bonds. The molecule has 0 radical (unpaired) electrons. The van der Waals surface area contributed by atoms with E-state index in [0.717, 1.165) is 5.56 Å². The Morgan fingerprint density at radius 1 is 1.05 bits per heavy atom. The quantitative estimate of drug-likeness (QED) is 0.725. The van der Waals surface area contributed by atoms with Crippen molar-refractivity contribution in [1.29, 1.82) is 0 Å². The van der Waals surface area contributed by atoms with E-state index >= 15 is 0 Å². The van der Waals surface area contributed by atoms with Gasteiger partial charge in [-0.3, -0.25) is 9.59 Å². The van der Waals surface area contributed by atoms with E-state index in [2.05, 4.69) is 0 Å². The Kier molecular flexibility index (Phi) is 3.18. The summed E-state index contributed by atoms with van der Waals surface area (Å²) in [6.07, 6.45) is 1.69. The van der Waals surface area contributed by atoms with Crippen molar-refractivity contribution in [1.82, 2.24) is 4.40 Å². The molecular formula is C17H15N3O2. The zero-order valence-electron chi connectivity index (χ0n) is 12.0. The number of hydrogen-bond acceptors (Lipinski definition) is 3. The highest BCUT2D eigenvalue weighted by Crippen LogP contribution is 2.27. The van der Waals surface area contributed by atoms with Gasteiger partial charge >= 0.3 is 0 Å². The first kappa shape index (κ1) is 13.9. The molecule has 2 aromatic heterocycles. The largest absolute Gasteiger partial charge is 0.396 e. The van der Waals surface area contributed by atoms with Gasteiger partial charge in [-0.2, -0.15) is 0 Å². The highest BCUT2D eigenvalue weighted by molar-refractivity contribution is 6.17. The maximum Gasteiger partial charge on any atom is 0.253 e. The van der Waals surface area contributed by atoms with Crippen molar-refractivity contribution in [2.45, 2.75) is 6.92 Å². The van der Waals surface area contributed by atoms with Gasteiger partial charge in [0, 0.05) is 11.8 Å². The summed E-state index contributed by atoms with van der Waals surface area (Å²) < 4.78 is 1.61. The second-order valence-corrected chi connectivity index (χ2v) is 5.15. The topological polar surface area (TPSA) is 90.6 Å². The minimum Gasteiger partial charge on any atom is -0.396 e. The number of aryl methyl sites for hydroxylation is 1. The summed E-state index contributed by atoms with van der Waals surface area (Å²) in [5.74, 6) is -0.893. The van der Waals surface area contributed by atoms with Gasteiger partial charge in [0.1, 0.15) is 5.69 Å². The molecule has 1 aromatic carbocycles. The predicted molar refractivity (Wildman–Crippen MR) is 84.9 cm³/mol. The van der Waals surface area contributed by atoms with E-state index < -0.39 is 5.91 Å². The normalized spacial score (nSPS) is 10.8. The lowest BCUT2D eigenvalue weighted by atomic mass is 10.0. The number of nitrogens with two attached hydrogens (primary N) is 2. The van der Waals surface area contributed by atoms with E-state index in [4.69, 9.17) is 11.5 Å². The monoisotopic (exact) mass is 293 g/mol. The number of aromatic nitrogens is 1. The number of carbonyl (C=O) groups excluding carboxylic acids is 2. The molecule has 22 heavy (non-hydrogen) atoms. The van der Waals surface area contributed by atoms with E-state index in [1.807, 2.05) is 19.1 Å². The molecule has 0 atom stereocenters. The molecule has 5 heteroatoms. The first-order valence-corrected chi connectivity index (χ1v) is 6.80. The van der Waals surface area contributed by atoms with Crippen molar-refractivity contribution < 1.29 is 9.59 Å². The van der Waals surface area contributed by atoms with Crippen LogP contribution in [0.15, 0.2) is 48.7 Å². The lowest BCUT2D eigenvalue weighted by Gasteiger charge is -2.04. The van der Waals surface area contributed by atoms with Crippen molar-refractivity contribution in [2.75, 3.05) is 5.73 Å². The third kappa shape index (κ3) is 2.03. The number of hydrogen-bond donors (Lipinski definition) is 2. The summed E-state index contributed by atoms with van der Waals surface area (Å²) >= 11 is 0. The van der Waals surface area contributed by atoms with Crippen LogP contribution in [-0.4, -0.2) is 16.1 Å². The lowest BCUT2D eigenvalue weighted by molar-refractivity contribution is 0.100. The minimum atomic E-state index is -0.649. The van der Waals surface area contributed by atoms with Gasteiger partial charge in [0.2, 0.25) is 5.78 Å². The van der Waals surface area contributed by atoms with Crippen molar-refractivity contribution in [2.24, 2.45) is 5.73 Å². The molecule has 0 fully saturated rings. The van der Waals surface area contributed by atoms with Gasteiger partial charge < -0.3 is 15.9 Å². The number of carbonyl (C=O) groups is 2. The van der Waals surface area contributed by atoms with E-state index in [-0.39, 0.29) is 22.7 Å². The third-order valence-electron chi connectivity index (χ3n) is 3.66. The second-order valence-electron chi connectivity index (χ2n) is 5.15. The minimum absolute atomic E-state index is 0.115. The van der Waals surface area contributed by atoms with Gasteiger partial charge in [0.05, 0.1) is 16.8 Å². The number of benzene rings is 1. The Hall–Kier alpha value is -3.08. The molecule has 0 spiro atoms. The summed E-state index contributed by atoms with van der Waals surface area (Å²) in [6.45, 7) is 1.94. The number of ketones is 1. The summed E-state index contributed by atoms with van der Waals surface area (Å²) in [7, 11) is 0. The maximum atomic E-state index is 12.8. The fourth-order valence-corrected chi connectivity index (χ4v) is 2.56. The predicted octanol–water partition coefficient (Wildman–Crippen LogP) is 2.16. The van der Waals surface area contributed by atoms with E-state index in [0.29, 0.717) is 11.1 Å². The first-order chi connectivity index (χ1) is 10.5. The molecule has 0 aliphatic carbocycles. The van der Waals surface area contributed by atoms with Gasteiger partial charge in [-0.1, -0.05) is 35.9 Å². The zero-order chi connectivity index (χ0) is 15.9. The number of rotatable bonds is 3. The summed E-state index contributed by atoms with van der Waals surface area (Å²) in [6, 6.07) is 12.4. The molecule has 3 rings (SSSR count). The van der Waals surface area contributed by atoms with Crippen LogP contribution in [0.3, 0.4) is 0 Å². The number of primary amides is 1. The fraction of sp³-hybridized carbons (Fsp3) is 0.0588. The van der Waals surface area contributed by atoms with Crippen LogP contribution < -0.4 is 11.5 Å². The molecule has 0 saturated heterocycles. The molecule has 4 N–H and O–H groups in total. The molecule has 0 aliphatic heterocycles. The molecular weight excluding hydrogens is 278 g/mol. The second kappa shape index (κ2) is 5.04. The molecule has 2 heterocycles. The van der Waals surface area contributed by atoms with E-state index in [1.54, 1.807) is 40.9 Å². The van der Waals surface area contributed by atoms with E-state index in [9.17, 15) is 9.59 Å². The van der Waals surface area contributed by atoms with Gasteiger partial charge in [-0.05, 0) is 19.1 Å². The van der Waals surface area contributed by atoms with Crippen LogP contribution in [0.5, 0.6) is 0 Å². The van der Waals surface area contributed by atoms with Crippen molar-refractivity contribution in [3.63, 3.8) is 0 Å². The summed E-state index contributed by atoms with van der Waals surface area (Å²) in [5.41, 5.74) is 14.1. The van der Waals surface area contributed by atoms with Gasteiger partial charge in [-0.25, -0.2) is 0 Å². The Labute approximate surface area is 127 Å². The molecule has 0 bridgehead atoms. The molecule has 0 aliphatic rings. The van der Waals surface area contributed by atoms with Crippen LogP contribution in [0.2, 0.25) is 0 Å². The SMILES string of the molecule is Cc1ccc(C(=O)c2c(N)c(C(N)=O)c3ccccn23)cc1. The average Bonchev–Trinajstić information content (AvgIpc) is 2.79. The zero-order valence-corrected chi connectivity index (χ0v) is 12.0. The van der Waals surface area contributed by atoms with Crippen LogP contribution in [0, 0.1) is 6.92 Å². The number of anilines is 1. The summed E-state index contributed by atoms with van der Waals surface area (Å²) in [5, 5.41) is 0. The average molecular weight is 293 g/mol. The number of nitrogen functional groups attached to an aromatic ring is 1. The lowest BCUT2D eigenvalue weighted by Crippen LogP contribution is -2.13. The van der Waals surface area contributed by atoms with Crippen molar-refractivity contribution in [3.05, 3.63) is 71.0 Å². The maximum absolute atomic E-state index is 12.8. The molecule has 0 saturated carbocycles. The van der Waals surface area contributed by atoms with Crippen molar-refractivity contribution in [3.8, 4) is 0 Å². The van der Waals surface area contributed by atoms with Crippen LogP contribution in [0.25, 0.3) is 5.52 Å². The highest BCUT2D eigenvalue weighted by atomic mass is 16.1. The number of pyridine rings is 1. The Bertz CT molecular complexity index is 892. The Morgan fingerprint density at radius 2 is 1.73 bits per heavy atom. The molecule has 110 valence electrons. The highest BCUT2D eigenvalue weighted by Gasteiger charge is 2.24. The van der Waals surface area contributed by atoms with Gasteiger partial charge in [-0.15, -0.1) is 0 Å². The van der Waals surface area contributed by atoms with Crippen LogP contribution in [-0.2, 0) is 0 Å². The number of nitrogens with zero attached hydrogens (tertiary/aromatic N) is 1. The van der Waals surface area contributed by atoms with Gasteiger partial charge in [0.15, 0.2) is 0 Å². The third-order valence-corrected chi connectivity index (χ3v) is 3.66. The number of fused-ring (bicyclic) bond motifs is 1. The standard InChI is InChI=1S/C17H15N3O2/c1-10-5-7-11(8-6-10)16(21)15-14(18)13(17(19)22)12-4-2-3-9-20(12)15/h2-9H,18H2,1H3,(H2,19,22). The smallest absolute Gasteiger partial charge is 0.253 e. The van der Waals surface area contributed by atoms with Gasteiger partial charge in [0.25, 0.3) is 5.91 Å². The van der Waals surface area contributed by atoms with Crippen LogP contribution >= 0.6 is 0 Å². The Balaban J connectivity index is 2.27. The fourth-order valence-electron chi connectivity index (χ4n) is 2.56. The van der Waals surface area contributed by atoms with Crippen LogP contribution in [0.4, 0.5) is 5.69 Å².